The molecule has 1 aliphatic rings. The normalized spacial score (nSPS) is 20.2. The van der Waals surface area contributed by atoms with Crippen molar-refractivity contribution in [2.24, 2.45) is 0 Å². The minimum absolute atomic E-state index is 0.0735. The van der Waals surface area contributed by atoms with E-state index in [1.54, 1.807) is 6.20 Å². The maximum absolute atomic E-state index is 6.93. The van der Waals surface area contributed by atoms with Crippen LogP contribution in [0.5, 0.6) is 6.01 Å². The second-order valence-electron chi connectivity index (χ2n) is 2.65. The second kappa shape index (κ2) is 3.06. The molecule has 2 rings (SSSR count). The Hall–Kier alpha value is -1.16. The van der Waals surface area contributed by atoms with Gasteiger partial charge in [0, 0.05) is 31.3 Å². The molecule has 4 nitrogen and oxygen atoms in total. The van der Waals surface area contributed by atoms with Crippen LogP contribution in [0.15, 0.2) is 6.20 Å². The fourth-order valence-corrected chi connectivity index (χ4v) is 1.27. The van der Waals surface area contributed by atoms with E-state index in [1.165, 1.54) is 0 Å². The van der Waals surface area contributed by atoms with Crippen LogP contribution in [-0.2, 0) is 13.0 Å². The van der Waals surface area contributed by atoms with Crippen LogP contribution >= 0.6 is 0 Å². The second-order valence-corrected chi connectivity index (χ2v) is 2.65. The number of rotatable bonds is 1. The van der Waals surface area contributed by atoms with Crippen LogP contribution in [0.2, 0.25) is 0 Å². The molecular formula is C8H11N3O. The molecule has 0 amide bonds. The van der Waals surface area contributed by atoms with Gasteiger partial charge in [0.2, 0.25) is 0 Å². The summed E-state index contributed by atoms with van der Waals surface area (Å²) in [5.41, 5.74) is 1.86. The molecule has 0 saturated carbocycles. The van der Waals surface area contributed by atoms with E-state index in [9.17, 15) is 0 Å². The van der Waals surface area contributed by atoms with Crippen molar-refractivity contribution in [3.05, 3.63) is 17.5 Å². The first-order valence-electron chi connectivity index (χ1n) is 5.29. The van der Waals surface area contributed by atoms with Gasteiger partial charge < -0.3 is 10.1 Å². The summed E-state index contributed by atoms with van der Waals surface area (Å²) in [6.07, 6.45) is 2.38. The zero-order valence-electron chi connectivity index (χ0n) is 9.50. The van der Waals surface area contributed by atoms with Gasteiger partial charge in [-0.15, -0.1) is 0 Å². The van der Waals surface area contributed by atoms with Crippen LogP contribution in [0, 0.1) is 0 Å². The van der Waals surface area contributed by atoms with Gasteiger partial charge in [0.25, 0.3) is 0 Å². The maximum atomic E-state index is 6.93. The van der Waals surface area contributed by atoms with E-state index in [2.05, 4.69) is 20.0 Å². The summed E-state index contributed by atoms with van der Waals surface area (Å²) in [4.78, 5) is 7.91. The van der Waals surface area contributed by atoms with Crippen LogP contribution < -0.4 is 10.1 Å². The van der Waals surface area contributed by atoms with Gasteiger partial charge in [0.05, 0.1) is 16.8 Å². The topological polar surface area (TPSA) is 47.0 Å². The Balaban J connectivity index is 2.21. The van der Waals surface area contributed by atoms with Gasteiger partial charge in [-0.25, -0.2) is 4.98 Å². The average Bonchev–Trinajstić information content (AvgIpc) is 2.15. The number of hydrogen-bond acceptors (Lipinski definition) is 4. The largest absolute Gasteiger partial charge is 0.467 e. The molecule has 0 fully saturated rings. The van der Waals surface area contributed by atoms with Gasteiger partial charge in [-0.1, -0.05) is 0 Å². The number of nitrogens with one attached hydrogen (secondary N) is 1. The fraction of sp³-hybridized carbons (Fsp3) is 0.500. The monoisotopic (exact) mass is 168 g/mol. The maximum Gasteiger partial charge on any atom is 0.316 e. The lowest BCUT2D eigenvalue weighted by Crippen LogP contribution is -2.24. The zero-order valence-corrected chi connectivity index (χ0v) is 6.50. The predicted octanol–water partition coefficient (Wildman–Crippen LogP) is 0.131. The summed E-state index contributed by atoms with van der Waals surface area (Å²) in [5.74, 6) is 0. The molecule has 1 N–H and O–H groups in total. The predicted molar refractivity (Wildman–Crippen MR) is 44.0 cm³/mol. The summed E-state index contributed by atoms with van der Waals surface area (Å²) < 4.78 is 25.4. The van der Waals surface area contributed by atoms with Gasteiger partial charge in [-0.2, -0.15) is 4.98 Å². The standard InChI is InChI=1S/C8H11N3O/c1-12-8-10-5-6-4-9-3-2-7(6)11-8/h5,9H,2-4H2,1H3/i1D3. The average molecular weight is 168 g/mol. The molecule has 0 aromatic carbocycles. The smallest absolute Gasteiger partial charge is 0.316 e. The first kappa shape index (κ1) is 4.77. The molecular weight excluding hydrogens is 154 g/mol. The lowest BCUT2D eigenvalue weighted by Gasteiger charge is -2.15. The summed E-state index contributed by atoms with van der Waals surface area (Å²) in [5, 5.41) is 3.18. The molecule has 64 valence electrons. The Morgan fingerprint density at radius 1 is 1.75 bits per heavy atom. The minimum atomic E-state index is -2.48. The Labute approximate surface area is 75.2 Å². The van der Waals surface area contributed by atoms with Crippen molar-refractivity contribution in [2.75, 3.05) is 13.6 Å². The lowest BCUT2D eigenvalue weighted by atomic mass is 10.1. The number of methoxy groups -OCH3 is 1. The van der Waals surface area contributed by atoms with Crippen molar-refractivity contribution >= 4 is 0 Å². The van der Waals surface area contributed by atoms with E-state index in [0.717, 1.165) is 30.8 Å². The highest BCUT2D eigenvalue weighted by Gasteiger charge is 2.10. The van der Waals surface area contributed by atoms with Crippen molar-refractivity contribution in [2.45, 2.75) is 13.0 Å². The first-order valence-corrected chi connectivity index (χ1v) is 3.79. The molecule has 1 aromatic heterocycles. The van der Waals surface area contributed by atoms with Crippen LogP contribution in [0.1, 0.15) is 15.4 Å². The number of hydrogen-bond donors (Lipinski definition) is 1. The van der Waals surface area contributed by atoms with Gasteiger partial charge >= 0.3 is 6.01 Å². The summed E-state index contributed by atoms with van der Waals surface area (Å²) in [7, 11) is -2.48. The molecule has 0 bridgehead atoms. The number of ether oxygens (including phenoxy) is 1. The van der Waals surface area contributed by atoms with Crippen molar-refractivity contribution in [3.63, 3.8) is 0 Å². The Morgan fingerprint density at radius 2 is 2.75 bits per heavy atom. The third kappa shape index (κ3) is 1.25. The van der Waals surface area contributed by atoms with Crippen molar-refractivity contribution in [1.29, 1.82) is 0 Å². The van der Waals surface area contributed by atoms with Gasteiger partial charge in [-0.3, -0.25) is 0 Å². The Bertz CT molecular complexity index is 367. The van der Waals surface area contributed by atoms with E-state index in [4.69, 9.17) is 4.11 Å². The van der Waals surface area contributed by atoms with Gasteiger partial charge in [0.1, 0.15) is 0 Å². The fourth-order valence-electron chi connectivity index (χ4n) is 1.27. The zero-order chi connectivity index (χ0) is 10.9. The van der Waals surface area contributed by atoms with Crippen LogP contribution in [0.4, 0.5) is 0 Å². The molecule has 0 radical (unpaired) electrons. The first-order chi connectivity index (χ1) is 7.04. The molecule has 0 spiro atoms. The van der Waals surface area contributed by atoms with Crippen molar-refractivity contribution < 1.29 is 8.85 Å². The van der Waals surface area contributed by atoms with Gasteiger partial charge in [0.15, 0.2) is 0 Å². The molecule has 1 aromatic rings. The molecule has 12 heavy (non-hydrogen) atoms. The molecule has 1 aliphatic heterocycles. The number of nitrogens with zero attached hydrogens (tertiary/aromatic N) is 2. The van der Waals surface area contributed by atoms with Crippen molar-refractivity contribution in [1.82, 2.24) is 15.3 Å². The summed E-state index contributed by atoms with van der Waals surface area (Å²) in [6, 6.07) is -0.0735. The van der Waals surface area contributed by atoms with Crippen molar-refractivity contribution in [3.8, 4) is 6.01 Å². The molecule has 0 atom stereocenters. The Kier molecular flexibility index (Phi) is 1.22. The minimum Gasteiger partial charge on any atom is -0.467 e. The molecule has 2 heterocycles. The third-order valence-corrected chi connectivity index (χ3v) is 1.88. The Morgan fingerprint density at radius 3 is 3.67 bits per heavy atom. The third-order valence-electron chi connectivity index (χ3n) is 1.88. The SMILES string of the molecule is [2H]C([2H])([2H])Oc1ncc2c(n1)CCNC2. The molecule has 0 unspecified atom stereocenters. The lowest BCUT2D eigenvalue weighted by molar-refractivity contribution is 0.376. The van der Waals surface area contributed by atoms with E-state index in [0.29, 0.717) is 0 Å². The van der Waals surface area contributed by atoms with E-state index < -0.39 is 7.04 Å². The quantitative estimate of drug-likeness (QED) is 0.647. The number of aromatic nitrogens is 2. The highest BCUT2D eigenvalue weighted by atomic mass is 16.5. The highest BCUT2D eigenvalue weighted by molar-refractivity contribution is 5.21. The van der Waals surface area contributed by atoms with E-state index >= 15 is 0 Å². The van der Waals surface area contributed by atoms with Gasteiger partial charge in [-0.05, 0) is 0 Å². The summed E-state index contributed by atoms with van der Waals surface area (Å²) >= 11 is 0. The van der Waals surface area contributed by atoms with Crippen LogP contribution in [-0.4, -0.2) is 23.6 Å². The molecule has 0 saturated heterocycles. The molecule has 4 heteroatoms. The number of fused-ring (bicyclic) bond motifs is 1. The molecule has 0 aliphatic carbocycles. The highest BCUT2D eigenvalue weighted by Crippen LogP contribution is 2.12. The van der Waals surface area contributed by atoms with E-state index in [1.807, 2.05) is 0 Å². The van der Waals surface area contributed by atoms with Crippen LogP contribution in [0.25, 0.3) is 0 Å². The van der Waals surface area contributed by atoms with E-state index in [-0.39, 0.29) is 6.01 Å². The summed E-state index contributed by atoms with van der Waals surface area (Å²) in [6.45, 7) is 1.57. The van der Waals surface area contributed by atoms with Crippen LogP contribution in [0.3, 0.4) is 0 Å².